The molecule has 0 saturated heterocycles. The van der Waals surface area contributed by atoms with Crippen molar-refractivity contribution in [2.45, 2.75) is 0 Å². The van der Waals surface area contributed by atoms with Gasteiger partial charge in [-0.3, -0.25) is 0 Å². The molecule has 0 radical (unpaired) electrons. The molecule has 2 rings (SSSR count). The molecule has 1 aromatic carbocycles. The Bertz CT molecular complexity index is 536. The predicted octanol–water partition coefficient (Wildman–Crippen LogP) is 3.02. The summed E-state index contributed by atoms with van der Waals surface area (Å²) in [6, 6.07) is 4.13. The fourth-order valence-corrected chi connectivity index (χ4v) is 1.45. The molecule has 1 N–H and O–H groups in total. The van der Waals surface area contributed by atoms with Crippen molar-refractivity contribution in [3.63, 3.8) is 0 Å². The van der Waals surface area contributed by atoms with Gasteiger partial charge in [-0.2, -0.15) is 0 Å². The SMILES string of the molecule is COc1cc(F)ccc1Nc1nccnc1Cl. The number of rotatable bonds is 3. The summed E-state index contributed by atoms with van der Waals surface area (Å²) >= 11 is 5.85. The van der Waals surface area contributed by atoms with E-state index in [1.54, 1.807) is 6.07 Å². The van der Waals surface area contributed by atoms with Crippen molar-refractivity contribution in [2.24, 2.45) is 0 Å². The van der Waals surface area contributed by atoms with Crippen LogP contribution in [0.4, 0.5) is 15.9 Å². The maximum Gasteiger partial charge on any atom is 0.171 e. The molecular formula is C11H9ClFN3O. The molecular weight excluding hydrogens is 245 g/mol. The highest BCUT2D eigenvalue weighted by Crippen LogP contribution is 2.29. The number of nitrogens with one attached hydrogen (secondary N) is 1. The number of anilines is 2. The van der Waals surface area contributed by atoms with E-state index in [1.165, 1.54) is 31.6 Å². The third kappa shape index (κ3) is 2.62. The van der Waals surface area contributed by atoms with Gasteiger partial charge in [0.05, 0.1) is 12.8 Å². The third-order valence-corrected chi connectivity index (χ3v) is 2.35. The second kappa shape index (κ2) is 4.97. The largest absolute Gasteiger partial charge is 0.494 e. The average Bonchev–Trinajstić information content (AvgIpc) is 2.34. The van der Waals surface area contributed by atoms with Crippen LogP contribution in [0.5, 0.6) is 5.75 Å². The highest BCUT2D eigenvalue weighted by Gasteiger charge is 2.08. The molecule has 0 spiro atoms. The Kier molecular flexibility index (Phi) is 3.39. The van der Waals surface area contributed by atoms with Crippen molar-refractivity contribution in [1.82, 2.24) is 9.97 Å². The van der Waals surface area contributed by atoms with E-state index < -0.39 is 0 Å². The first-order chi connectivity index (χ1) is 8.20. The molecule has 0 aliphatic heterocycles. The zero-order valence-electron chi connectivity index (χ0n) is 8.95. The van der Waals surface area contributed by atoms with Crippen LogP contribution in [-0.2, 0) is 0 Å². The molecule has 2 aromatic rings. The molecule has 6 heteroatoms. The van der Waals surface area contributed by atoms with E-state index in [9.17, 15) is 4.39 Å². The van der Waals surface area contributed by atoms with Crippen LogP contribution in [-0.4, -0.2) is 17.1 Å². The first kappa shape index (κ1) is 11.6. The van der Waals surface area contributed by atoms with Gasteiger partial charge in [0.1, 0.15) is 11.6 Å². The minimum absolute atomic E-state index is 0.235. The van der Waals surface area contributed by atoms with Gasteiger partial charge in [0.25, 0.3) is 0 Å². The molecule has 88 valence electrons. The molecule has 0 aliphatic carbocycles. The predicted molar refractivity (Wildman–Crippen MR) is 63.3 cm³/mol. The molecule has 0 aliphatic rings. The third-order valence-electron chi connectivity index (χ3n) is 2.07. The Morgan fingerprint density at radius 1 is 1.29 bits per heavy atom. The molecule has 0 atom stereocenters. The zero-order valence-corrected chi connectivity index (χ0v) is 9.70. The molecule has 1 aromatic heterocycles. The van der Waals surface area contributed by atoms with E-state index in [2.05, 4.69) is 15.3 Å². The van der Waals surface area contributed by atoms with E-state index in [-0.39, 0.29) is 11.0 Å². The molecule has 0 bridgehead atoms. The minimum atomic E-state index is -0.377. The van der Waals surface area contributed by atoms with Crippen LogP contribution in [0.2, 0.25) is 5.15 Å². The van der Waals surface area contributed by atoms with Crippen molar-refractivity contribution in [2.75, 3.05) is 12.4 Å². The summed E-state index contributed by atoms with van der Waals surface area (Å²) in [4.78, 5) is 7.89. The second-order valence-electron chi connectivity index (χ2n) is 3.17. The molecule has 0 amide bonds. The molecule has 4 nitrogen and oxygen atoms in total. The summed E-state index contributed by atoms with van der Waals surface area (Å²) < 4.78 is 18.0. The Balaban J connectivity index is 2.33. The highest BCUT2D eigenvalue weighted by molar-refractivity contribution is 6.31. The lowest BCUT2D eigenvalue weighted by Gasteiger charge is -2.10. The van der Waals surface area contributed by atoms with Crippen LogP contribution in [0.25, 0.3) is 0 Å². The van der Waals surface area contributed by atoms with Crippen LogP contribution in [0, 0.1) is 5.82 Å². The summed E-state index contributed by atoms with van der Waals surface area (Å²) in [5.41, 5.74) is 0.566. The number of aromatic nitrogens is 2. The fraction of sp³-hybridized carbons (Fsp3) is 0.0909. The van der Waals surface area contributed by atoms with Gasteiger partial charge in [-0.15, -0.1) is 0 Å². The van der Waals surface area contributed by atoms with Crippen molar-refractivity contribution in [3.8, 4) is 5.75 Å². The topological polar surface area (TPSA) is 47.0 Å². The summed E-state index contributed by atoms with van der Waals surface area (Å²) in [7, 11) is 1.46. The number of methoxy groups -OCH3 is 1. The smallest absolute Gasteiger partial charge is 0.171 e. The highest BCUT2D eigenvalue weighted by atomic mass is 35.5. The zero-order chi connectivity index (χ0) is 12.3. The van der Waals surface area contributed by atoms with E-state index >= 15 is 0 Å². The lowest BCUT2D eigenvalue weighted by Crippen LogP contribution is -1.98. The van der Waals surface area contributed by atoms with Crippen LogP contribution >= 0.6 is 11.6 Å². The normalized spacial score (nSPS) is 10.1. The van der Waals surface area contributed by atoms with Crippen LogP contribution in [0.1, 0.15) is 0 Å². The van der Waals surface area contributed by atoms with Gasteiger partial charge in [0.15, 0.2) is 11.0 Å². The molecule has 1 heterocycles. The van der Waals surface area contributed by atoms with Gasteiger partial charge in [0.2, 0.25) is 0 Å². The van der Waals surface area contributed by atoms with Gasteiger partial charge in [-0.05, 0) is 12.1 Å². The van der Waals surface area contributed by atoms with Crippen molar-refractivity contribution < 1.29 is 9.13 Å². The first-order valence-corrected chi connectivity index (χ1v) is 5.15. The number of ether oxygens (including phenoxy) is 1. The number of halogens is 2. The minimum Gasteiger partial charge on any atom is -0.494 e. The Labute approximate surface area is 102 Å². The molecule has 0 saturated carbocycles. The quantitative estimate of drug-likeness (QED) is 0.913. The number of nitrogens with zero attached hydrogens (tertiary/aromatic N) is 2. The molecule has 0 unspecified atom stereocenters. The van der Waals surface area contributed by atoms with E-state index in [0.717, 1.165) is 0 Å². The van der Waals surface area contributed by atoms with Gasteiger partial charge in [0, 0.05) is 18.5 Å². The Morgan fingerprint density at radius 3 is 2.76 bits per heavy atom. The maximum atomic E-state index is 13.0. The van der Waals surface area contributed by atoms with Gasteiger partial charge < -0.3 is 10.1 Å². The van der Waals surface area contributed by atoms with Crippen molar-refractivity contribution >= 4 is 23.1 Å². The van der Waals surface area contributed by atoms with Gasteiger partial charge in [-0.25, -0.2) is 14.4 Å². The second-order valence-corrected chi connectivity index (χ2v) is 3.52. The average molecular weight is 254 g/mol. The Morgan fingerprint density at radius 2 is 2.06 bits per heavy atom. The lowest BCUT2D eigenvalue weighted by atomic mass is 10.3. The number of hydrogen-bond acceptors (Lipinski definition) is 4. The number of benzene rings is 1. The standard InChI is InChI=1S/C11H9ClFN3O/c1-17-9-6-7(13)2-3-8(9)16-11-10(12)14-4-5-15-11/h2-6H,1H3,(H,15,16). The molecule has 0 fully saturated rings. The van der Waals surface area contributed by atoms with Crippen LogP contribution < -0.4 is 10.1 Å². The van der Waals surface area contributed by atoms with Crippen LogP contribution in [0.15, 0.2) is 30.6 Å². The summed E-state index contributed by atoms with van der Waals surface area (Å²) in [5.74, 6) is 0.378. The van der Waals surface area contributed by atoms with Gasteiger partial charge in [-0.1, -0.05) is 11.6 Å². The van der Waals surface area contributed by atoms with E-state index in [1.807, 2.05) is 0 Å². The summed E-state index contributed by atoms with van der Waals surface area (Å²) in [6.45, 7) is 0. The van der Waals surface area contributed by atoms with Gasteiger partial charge >= 0.3 is 0 Å². The lowest BCUT2D eigenvalue weighted by molar-refractivity contribution is 0.413. The summed E-state index contributed by atoms with van der Waals surface area (Å²) in [6.07, 6.45) is 2.99. The van der Waals surface area contributed by atoms with E-state index in [4.69, 9.17) is 16.3 Å². The van der Waals surface area contributed by atoms with Crippen molar-refractivity contribution in [3.05, 3.63) is 41.6 Å². The monoisotopic (exact) mass is 253 g/mol. The Hall–Kier alpha value is -1.88. The first-order valence-electron chi connectivity index (χ1n) is 4.78. The maximum absolute atomic E-state index is 13.0. The van der Waals surface area contributed by atoms with Crippen molar-refractivity contribution in [1.29, 1.82) is 0 Å². The van der Waals surface area contributed by atoms with E-state index in [0.29, 0.717) is 17.3 Å². The summed E-state index contributed by atoms with van der Waals surface area (Å²) in [5, 5.41) is 3.16. The molecule has 17 heavy (non-hydrogen) atoms. The number of hydrogen-bond donors (Lipinski definition) is 1. The fourth-order valence-electron chi connectivity index (χ4n) is 1.30. The van der Waals surface area contributed by atoms with Crippen LogP contribution in [0.3, 0.4) is 0 Å².